The molecule has 2 heterocycles. The van der Waals surface area contributed by atoms with E-state index < -0.39 is 0 Å². The number of nitrogens with two attached hydrogens (primary N) is 1. The number of nitrogens with one attached hydrogen (secondary N) is 2. The van der Waals surface area contributed by atoms with E-state index in [0.29, 0.717) is 23.9 Å². The SMILES string of the molecule is Cc1cc(C)n(CC(=O)Nc2ccc(-c3n[nH]c(CN)n3)cc2)n1. The first-order valence-electron chi connectivity index (χ1n) is 7.58. The molecule has 0 saturated heterocycles. The van der Waals surface area contributed by atoms with Gasteiger partial charge in [0.25, 0.3) is 0 Å². The van der Waals surface area contributed by atoms with Crippen LogP contribution in [0, 0.1) is 13.8 Å². The number of carbonyl (C=O) groups is 1. The molecule has 0 bridgehead atoms. The highest BCUT2D eigenvalue weighted by Crippen LogP contribution is 2.18. The molecular weight excluding hydrogens is 306 g/mol. The molecule has 0 unspecified atom stereocenters. The summed E-state index contributed by atoms with van der Waals surface area (Å²) >= 11 is 0. The van der Waals surface area contributed by atoms with Gasteiger partial charge in [-0.05, 0) is 44.2 Å². The summed E-state index contributed by atoms with van der Waals surface area (Å²) in [5.41, 5.74) is 8.92. The van der Waals surface area contributed by atoms with Crippen LogP contribution in [0.1, 0.15) is 17.2 Å². The smallest absolute Gasteiger partial charge is 0.246 e. The van der Waals surface area contributed by atoms with Crippen molar-refractivity contribution in [2.45, 2.75) is 26.9 Å². The number of aromatic nitrogens is 5. The fourth-order valence-corrected chi connectivity index (χ4v) is 2.39. The number of carbonyl (C=O) groups excluding carboxylic acids is 1. The summed E-state index contributed by atoms with van der Waals surface area (Å²) in [5, 5.41) is 14.0. The third-order valence-electron chi connectivity index (χ3n) is 3.55. The lowest BCUT2D eigenvalue weighted by Crippen LogP contribution is -2.20. The zero-order chi connectivity index (χ0) is 17.1. The minimum atomic E-state index is -0.128. The molecule has 8 nitrogen and oxygen atoms in total. The van der Waals surface area contributed by atoms with E-state index in [1.54, 1.807) is 4.68 Å². The van der Waals surface area contributed by atoms with Crippen molar-refractivity contribution < 1.29 is 4.79 Å². The molecule has 3 aromatic rings. The Balaban J connectivity index is 1.65. The van der Waals surface area contributed by atoms with Gasteiger partial charge in [0.1, 0.15) is 12.4 Å². The second-order valence-electron chi connectivity index (χ2n) is 5.52. The van der Waals surface area contributed by atoms with Crippen LogP contribution < -0.4 is 11.1 Å². The maximum Gasteiger partial charge on any atom is 0.246 e. The minimum Gasteiger partial charge on any atom is -0.324 e. The van der Waals surface area contributed by atoms with Crippen molar-refractivity contribution in [3.8, 4) is 11.4 Å². The average molecular weight is 325 g/mol. The first kappa shape index (κ1) is 15.9. The highest BCUT2D eigenvalue weighted by Gasteiger charge is 2.09. The third-order valence-corrected chi connectivity index (χ3v) is 3.55. The molecule has 0 aliphatic rings. The number of aryl methyl sites for hydroxylation is 2. The molecule has 24 heavy (non-hydrogen) atoms. The quantitative estimate of drug-likeness (QED) is 0.655. The number of H-pyrrole nitrogens is 1. The molecule has 1 amide bonds. The maximum absolute atomic E-state index is 12.1. The van der Waals surface area contributed by atoms with Gasteiger partial charge in [-0.2, -0.15) is 10.2 Å². The van der Waals surface area contributed by atoms with Crippen LogP contribution in [0.2, 0.25) is 0 Å². The fourth-order valence-electron chi connectivity index (χ4n) is 2.39. The van der Waals surface area contributed by atoms with Crippen molar-refractivity contribution in [3.05, 3.63) is 47.5 Å². The van der Waals surface area contributed by atoms with Crippen molar-refractivity contribution in [3.63, 3.8) is 0 Å². The Morgan fingerprint density at radius 2 is 2.04 bits per heavy atom. The average Bonchev–Trinajstić information content (AvgIpc) is 3.15. The zero-order valence-corrected chi connectivity index (χ0v) is 13.6. The highest BCUT2D eigenvalue weighted by atomic mass is 16.2. The Labute approximate surface area is 139 Å². The Morgan fingerprint density at radius 1 is 1.29 bits per heavy atom. The zero-order valence-electron chi connectivity index (χ0n) is 13.6. The van der Waals surface area contributed by atoms with Crippen molar-refractivity contribution in [1.82, 2.24) is 25.0 Å². The van der Waals surface area contributed by atoms with E-state index in [1.807, 2.05) is 44.2 Å². The topological polar surface area (TPSA) is 115 Å². The molecule has 0 aliphatic carbocycles. The summed E-state index contributed by atoms with van der Waals surface area (Å²) in [5.74, 6) is 1.08. The number of hydrogen-bond acceptors (Lipinski definition) is 5. The Bertz CT molecular complexity index is 848. The van der Waals surface area contributed by atoms with Crippen molar-refractivity contribution in [2.75, 3.05) is 5.32 Å². The summed E-state index contributed by atoms with van der Waals surface area (Å²) in [6.45, 7) is 4.32. The maximum atomic E-state index is 12.1. The van der Waals surface area contributed by atoms with Gasteiger partial charge in [-0.25, -0.2) is 4.98 Å². The normalized spacial score (nSPS) is 10.8. The Hall–Kier alpha value is -3.00. The standard InChI is InChI=1S/C16H19N7O/c1-10-7-11(2)23(22-10)9-15(24)18-13-5-3-12(4-6-13)16-19-14(8-17)20-21-16/h3-7H,8-9,17H2,1-2H3,(H,18,24)(H,19,20,21). The third kappa shape index (κ3) is 3.49. The lowest BCUT2D eigenvalue weighted by atomic mass is 10.2. The van der Waals surface area contributed by atoms with Crippen LogP contribution in [0.4, 0.5) is 5.69 Å². The molecule has 4 N–H and O–H groups in total. The number of hydrogen-bond donors (Lipinski definition) is 3. The predicted octanol–water partition coefficient (Wildman–Crippen LogP) is 1.38. The van der Waals surface area contributed by atoms with Crippen LogP contribution >= 0.6 is 0 Å². The second-order valence-corrected chi connectivity index (χ2v) is 5.52. The van der Waals surface area contributed by atoms with Gasteiger partial charge < -0.3 is 11.1 Å². The molecule has 0 atom stereocenters. The lowest BCUT2D eigenvalue weighted by Gasteiger charge is -2.07. The van der Waals surface area contributed by atoms with Gasteiger partial charge in [0.2, 0.25) is 5.91 Å². The Morgan fingerprint density at radius 3 is 2.62 bits per heavy atom. The molecule has 8 heteroatoms. The van der Waals surface area contributed by atoms with E-state index in [0.717, 1.165) is 17.0 Å². The fraction of sp³-hybridized carbons (Fsp3) is 0.250. The van der Waals surface area contributed by atoms with Gasteiger partial charge in [0.05, 0.1) is 12.2 Å². The summed E-state index contributed by atoms with van der Waals surface area (Å²) in [4.78, 5) is 16.4. The van der Waals surface area contributed by atoms with Gasteiger partial charge in [-0.3, -0.25) is 14.6 Å². The van der Waals surface area contributed by atoms with Crippen LogP contribution in [0.25, 0.3) is 11.4 Å². The highest BCUT2D eigenvalue weighted by molar-refractivity contribution is 5.90. The number of nitrogens with zero attached hydrogens (tertiary/aromatic N) is 4. The molecule has 0 radical (unpaired) electrons. The van der Waals surface area contributed by atoms with Crippen LogP contribution in [-0.2, 0) is 17.9 Å². The van der Waals surface area contributed by atoms with Gasteiger partial charge in [-0.15, -0.1) is 0 Å². The van der Waals surface area contributed by atoms with Gasteiger partial charge in [0, 0.05) is 16.9 Å². The molecule has 1 aromatic carbocycles. The first-order chi connectivity index (χ1) is 11.5. The van der Waals surface area contributed by atoms with Gasteiger partial charge in [-0.1, -0.05) is 0 Å². The van der Waals surface area contributed by atoms with Crippen molar-refractivity contribution >= 4 is 11.6 Å². The molecule has 0 spiro atoms. The van der Waals surface area contributed by atoms with Crippen molar-refractivity contribution in [1.29, 1.82) is 0 Å². The van der Waals surface area contributed by atoms with E-state index in [9.17, 15) is 4.79 Å². The summed E-state index contributed by atoms with van der Waals surface area (Å²) in [6, 6.07) is 9.26. The van der Waals surface area contributed by atoms with Crippen LogP contribution in [0.3, 0.4) is 0 Å². The monoisotopic (exact) mass is 325 g/mol. The lowest BCUT2D eigenvalue weighted by molar-refractivity contribution is -0.116. The number of anilines is 1. The number of rotatable bonds is 5. The van der Waals surface area contributed by atoms with E-state index >= 15 is 0 Å². The van der Waals surface area contributed by atoms with Gasteiger partial charge in [0.15, 0.2) is 5.82 Å². The number of aromatic amines is 1. The van der Waals surface area contributed by atoms with Crippen LogP contribution in [-0.4, -0.2) is 30.9 Å². The van der Waals surface area contributed by atoms with E-state index in [1.165, 1.54) is 0 Å². The molecule has 0 fully saturated rings. The molecule has 0 saturated carbocycles. The van der Waals surface area contributed by atoms with Crippen molar-refractivity contribution in [2.24, 2.45) is 5.73 Å². The minimum absolute atomic E-state index is 0.128. The van der Waals surface area contributed by atoms with Crippen LogP contribution in [0.15, 0.2) is 30.3 Å². The molecule has 124 valence electrons. The molecular formula is C16H19N7O. The Kier molecular flexibility index (Phi) is 4.39. The number of amides is 1. The summed E-state index contributed by atoms with van der Waals surface area (Å²) in [6.07, 6.45) is 0. The summed E-state index contributed by atoms with van der Waals surface area (Å²) in [7, 11) is 0. The van der Waals surface area contributed by atoms with Crippen LogP contribution in [0.5, 0.6) is 0 Å². The molecule has 3 rings (SSSR count). The van der Waals surface area contributed by atoms with Gasteiger partial charge >= 0.3 is 0 Å². The van der Waals surface area contributed by atoms with E-state index in [2.05, 4.69) is 25.6 Å². The second kappa shape index (κ2) is 6.63. The predicted molar refractivity (Wildman–Crippen MR) is 90.0 cm³/mol. The van der Waals surface area contributed by atoms with E-state index in [-0.39, 0.29) is 12.5 Å². The molecule has 2 aromatic heterocycles. The van der Waals surface area contributed by atoms with E-state index in [4.69, 9.17) is 5.73 Å². The summed E-state index contributed by atoms with van der Waals surface area (Å²) < 4.78 is 1.68. The molecule has 0 aliphatic heterocycles. The number of benzene rings is 1. The first-order valence-corrected chi connectivity index (χ1v) is 7.58. The largest absolute Gasteiger partial charge is 0.324 e.